The highest BCUT2D eigenvalue weighted by atomic mass is 16.5. The number of amides is 1. The van der Waals surface area contributed by atoms with Crippen LogP contribution in [0.4, 0.5) is 0 Å². The number of hydrogen-bond donors (Lipinski definition) is 0. The van der Waals surface area contributed by atoms with Crippen molar-refractivity contribution < 1.29 is 9.53 Å². The van der Waals surface area contributed by atoms with Crippen LogP contribution in [0.25, 0.3) is 0 Å². The molecule has 2 rings (SSSR count). The zero-order valence-electron chi connectivity index (χ0n) is 12.9. The SMILES string of the molecule is Cc1c(CCC(=O)N(C(C)C)C2CCOC2)cnn1C. The molecule has 0 radical (unpaired) electrons. The normalized spacial score (nSPS) is 18.8. The van der Waals surface area contributed by atoms with Gasteiger partial charge in [0.05, 0.1) is 18.8 Å². The van der Waals surface area contributed by atoms with Gasteiger partial charge in [0.1, 0.15) is 0 Å². The predicted octanol–water partition coefficient (Wildman–Crippen LogP) is 1.69. The van der Waals surface area contributed by atoms with Crippen molar-refractivity contribution in [3.05, 3.63) is 17.5 Å². The van der Waals surface area contributed by atoms with Gasteiger partial charge in [-0.05, 0) is 39.2 Å². The lowest BCUT2D eigenvalue weighted by Crippen LogP contribution is -2.45. The summed E-state index contributed by atoms with van der Waals surface area (Å²) >= 11 is 0. The average Bonchev–Trinajstić information content (AvgIpc) is 3.00. The van der Waals surface area contributed by atoms with Crippen LogP contribution in [-0.4, -0.2) is 45.9 Å². The van der Waals surface area contributed by atoms with Crippen molar-refractivity contribution in [1.82, 2.24) is 14.7 Å². The summed E-state index contributed by atoms with van der Waals surface area (Å²) < 4.78 is 7.27. The number of nitrogens with zero attached hydrogens (tertiary/aromatic N) is 3. The minimum atomic E-state index is 0.221. The highest BCUT2D eigenvalue weighted by Crippen LogP contribution is 2.18. The lowest BCUT2D eigenvalue weighted by Gasteiger charge is -2.32. The number of carbonyl (C=O) groups is 1. The third-order valence-electron chi connectivity index (χ3n) is 4.09. The van der Waals surface area contributed by atoms with Gasteiger partial charge in [0, 0.05) is 31.8 Å². The molecule has 112 valence electrons. The Kier molecular flexibility index (Phi) is 4.81. The zero-order chi connectivity index (χ0) is 14.7. The summed E-state index contributed by atoms with van der Waals surface area (Å²) in [5, 5.41) is 4.22. The van der Waals surface area contributed by atoms with Crippen molar-refractivity contribution in [2.75, 3.05) is 13.2 Å². The second-order valence-electron chi connectivity index (χ2n) is 5.79. The molecule has 5 heteroatoms. The summed E-state index contributed by atoms with van der Waals surface area (Å²) in [6.45, 7) is 7.63. The van der Waals surface area contributed by atoms with Gasteiger partial charge in [-0.15, -0.1) is 0 Å². The van der Waals surface area contributed by atoms with Crippen LogP contribution in [-0.2, 0) is 23.0 Å². The van der Waals surface area contributed by atoms with Gasteiger partial charge in [-0.2, -0.15) is 5.10 Å². The summed E-state index contributed by atoms with van der Waals surface area (Å²) in [4.78, 5) is 14.5. The summed E-state index contributed by atoms with van der Waals surface area (Å²) in [6, 6.07) is 0.474. The number of aryl methyl sites for hydroxylation is 2. The maximum Gasteiger partial charge on any atom is 0.223 e. The summed E-state index contributed by atoms with van der Waals surface area (Å²) in [7, 11) is 1.93. The van der Waals surface area contributed by atoms with Crippen LogP contribution in [0.3, 0.4) is 0 Å². The molecule has 1 saturated heterocycles. The molecule has 0 N–H and O–H groups in total. The van der Waals surface area contributed by atoms with Crippen LogP contribution in [0.15, 0.2) is 6.20 Å². The maximum absolute atomic E-state index is 12.5. The van der Waals surface area contributed by atoms with Crippen molar-refractivity contribution in [2.24, 2.45) is 7.05 Å². The lowest BCUT2D eigenvalue weighted by molar-refractivity contribution is -0.135. The van der Waals surface area contributed by atoms with E-state index < -0.39 is 0 Å². The molecular weight excluding hydrogens is 254 g/mol. The Balaban J connectivity index is 1.96. The standard InChI is InChI=1S/C15H25N3O2/c1-11(2)18(14-7-8-20-10-14)15(19)6-5-13-9-16-17(4)12(13)3/h9,11,14H,5-8,10H2,1-4H3. The Labute approximate surface area is 120 Å². The molecule has 5 nitrogen and oxygen atoms in total. The fraction of sp³-hybridized carbons (Fsp3) is 0.733. The minimum absolute atomic E-state index is 0.221. The first-order valence-corrected chi connectivity index (χ1v) is 7.37. The van der Waals surface area contributed by atoms with E-state index in [2.05, 4.69) is 18.9 Å². The Hall–Kier alpha value is -1.36. The molecule has 1 aromatic heterocycles. The maximum atomic E-state index is 12.5. The van der Waals surface area contributed by atoms with Crippen molar-refractivity contribution in [3.8, 4) is 0 Å². The summed E-state index contributed by atoms with van der Waals surface area (Å²) in [5.74, 6) is 0.221. The first kappa shape index (κ1) is 15.0. The van der Waals surface area contributed by atoms with E-state index >= 15 is 0 Å². The first-order valence-electron chi connectivity index (χ1n) is 7.37. The van der Waals surface area contributed by atoms with Gasteiger partial charge in [-0.3, -0.25) is 9.48 Å². The van der Waals surface area contributed by atoms with Gasteiger partial charge in [0.2, 0.25) is 5.91 Å². The lowest BCUT2D eigenvalue weighted by atomic mass is 10.1. The highest BCUT2D eigenvalue weighted by molar-refractivity contribution is 5.77. The van der Waals surface area contributed by atoms with Crippen LogP contribution in [0.1, 0.15) is 37.9 Å². The first-order chi connectivity index (χ1) is 9.50. The molecule has 1 atom stereocenters. The molecule has 0 aliphatic carbocycles. The van der Waals surface area contributed by atoms with E-state index in [1.807, 2.05) is 29.7 Å². The third-order valence-corrected chi connectivity index (χ3v) is 4.09. The summed E-state index contributed by atoms with van der Waals surface area (Å²) in [6.07, 6.45) is 4.12. The number of hydrogen-bond acceptors (Lipinski definition) is 3. The molecule has 1 aliphatic heterocycles. The largest absolute Gasteiger partial charge is 0.379 e. The topological polar surface area (TPSA) is 47.4 Å². The van der Waals surface area contributed by atoms with Gasteiger partial charge in [-0.25, -0.2) is 0 Å². The Bertz CT molecular complexity index is 462. The molecule has 20 heavy (non-hydrogen) atoms. The van der Waals surface area contributed by atoms with Gasteiger partial charge in [-0.1, -0.05) is 0 Å². The van der Waals surface area contributed by atoms with E-state index in [4.69, 9.17) is 4.74 Å². The number of ether oxygens (including phenoxy) is 1. The Morgan fingerprint density at radius 2 is 2.35 bits per heavy atom. The van der Waals surface area contributed by atoms with Gasteiger partial charge in [0.15, 0.2) is 0 Å². The van der Waals surface area contributed by atoms with Crippen molar-refractivity contribution >= 4 is 5.91 Å². The quantitative estimate of drug-likeness (QED) is 0.824. The Morgan fingerprint density at radius 3 is 2.85 bits per heavy atom. The molecule has 0 spiro atoms. The van der Waals surface area contributed by atoms with Crippen molar-refractivity contribution in [2.45, 2.75) is 52.1 Å². The highest BCUT2D eigenvalue weighted by Gasteiger charge is 2.29. The Morgan fingerprint density at radius 1 is 1.60 bits per heavy atom. The second kappa shape index (κ2) is 6.39. The van der Waals surface area contributed by atoms with E-state index in [-0.39, 0.29) is 18.0 Å². The van der Waals surface area contributed by atoms with E-state index in [1.54, 1.807) is 0 Å². The molecule has 1 aliphatic rings. The molecular formula is C15H25N3O2. The second-order valence-corrected chi connectivity index (χ2v) is 5.79. The van der Waals surface area contributed by atoms with Crippen molar-refractivity contribution in [3.63, 3.8) is 0 Å². The van der Waals surface area contributed by atoms with Crippen LogP contribution >= 0.6 is 0 Å². The molecule has 1 amide bonds. The number of carbonyl (C=O) groups excluding carboxylic acids is 1. The monoisotopic (exact) mass is 279 g/mol. The van der Waals surface area contributed by atoms with E-state index in [1.165, 1.54) is 0 Å². The molecule has 0 saturated carbocycles. The van der Waals surface area contributed by atoms with Crippen LogP contribution < -0.4 is 0 Å². The number of aromatic nitrogens is 2. The fourth-order valence-electron chi connectivity index (χ4n) is 2.82. The smallest absolute Gasteiger partial charge is 0.223 e. The molecule has 1 fully saturated rings. The van der Waals surface area contributed by atoms with Crippen molar-refractivity contribution in [1.29, 1.82) is 0 Å². The number of rotatable bonds is 5. The fourth-order valence-corrected chi connectivity index (χ4v) is 2.82. The minimum Gasteiger partial charge on any atom is -0.379 e. The zero-order valence-corrected chi connectivity index (χ0v) is 12.9. The predicted molar refractivity (Wildman–Crippen MR) is 77.5 cm³/mol. The summed E-state index contributed by atoms with van der Waals surface area (Å²) in [5.41, 5.74) is 2.30. The molecule has 1 unspecified atom stereocenters. The van der Waals surface area contributed by atoms with Crippen LogP contribution in [0.5, 0.6) is 0 Å². The molecule has 0 bridgehead atoms. The van der Waals surface area contributed by atoms with Gasteiger partial charge < -0.3 is 9.64 Å². The van der Waals surface area contributed by atoms with E-state index in [9.17, 15) is 4.79 Å². The van der Waals surface area contributed by atoms with Crippen LogP contribution in [0, 0.1) is 6.92 Å². The third kappa shape index (κ3) is 3.20. The van der Waals surface area contributed by atoms with Crippen LogP contribution in [0.2, 0.25) is 0 Å². The molecule has 2 heterocycles. The molecule has 1 aromatic rings. The van der Waals surface area contributed by atoms with E-state index in [0.717, 1.165) is 30.7 Å². The van der Waals surface area contributed by atoms with Gasteiger partial charge >= 0.3 is 0 Å². The average molecular weight is 279 g/mol. The van der Waals surface area contributed by atoms with E-state index in [0.29, 0.717) is 13.0 Å². The molecule has 0 aromatic carbocycles. The van der Waals surface area contributed by atoms with Gasteiger partial charge in [0.25, 0.3) is 0 Å².